The van der Waals surface area contributed by atoms with Crippen molar-refractivity contribution in [3.63, 3.8) is 0 Å². The van der Waals surface area contributed by atoms with Crippen LogP contribution in [0.4, 0.5) is 0 Å². The molecule has 2 aromatic carbocycles. The van der Waals surface area contributed by atoms with Crippen molar-refractivity contribution in [1.29, 1.82) is 0 Å². The third kappa shape index (κ3) is 5.99. The molecule has 1 saturated heterocycles. The van der Waals surface area contributed by atoms with Crippen molar-refractivity contribution in [3.8, 4) is 11.5 Å². The second-order valence-electron chi connectivity index (χ2n) is 7.46. The molecule has 5 heteroatoms. The summed E-state index contributed by atoms with van der Waals surface area (Å²) in [4.78, 5) is 14.8. The van der Waals surface area contributed by atoms with Crippen molar-refractivity contribution in [2.45, 2.75) is 26.3 Å². The minimum absolute atomic E-state index is 0.0727. The highest BCUT2D eigenvalue weighted by Crippen LogP contribution is 2.18. The minimum atomic E-state index is -0.0727. The highest BCUT2D eigenvalue weighted by Gasteiger charge is 2.16. The van der Waals surface area contributed by atoms with Gasteiger partial charge < -0.3 is 14.8 Å². The molecule has 1 atom stereocenters. The van der Waals surface area contributed by atoms with Crippen LogP contribution >= 0.6 is 0 Å². The maximum absolute atomic E-state index is 12.3. The van der Waals surface area contributed by atoms with Crippen LogP contribution in [-0.2, 0) is 6.54 Å². The number of nitrogens with zero attached hydrogens (tertiary/aromatic N) is 1. The van der Waals surface area contributed by atoms with Crippen LogP contribution in [0.1, 0.15) is 35.7 Å². The van der Waals surface area contributed by atoms with Gasteiger partial charge in [-0.2, -0.15) is 0 Å². The number of carbonyl (C=O) groups excluding carboxylic acids is 1. The van der Waals surface area contributed by atoms with Gasteiger partial charge in [0.05, 0.1) is 13.7 Å². The van der Waals surface area contributed by atoms with Crippen LogP contribution in [0.25, 0.3) is 0 Å². The van der Waals surface area contributed by atoms with E-state index in [1.54, 1.807) is 7.11 Å². The fourth-order valence-corrected chi connectivity index (χ4v) is 3.56. The highest BCUT2D eigenvalue weighted by atomic mass is 16.5. The molecule has 3 rings (SSSR count). The molecule has 0 unspecified atom stereocenters. The lowest BCUT2D eigenvalue weighted by Gasteiger charge is -2.30. The molecule has 0 aliphatic carbocycles. The molecule has 1 fully saturated rings. The summed E-state index contributed by atoms with van der Waals surface area (Å²) in [7, 11) is 1.63. The number of benzene rings is 2. The summed E-state index contributed by atoms with van der Waals surface area (Å²) in [6.07, 6.45) is 2.61. The molecule has 28 heavy (non-hydrogen) atoms. The summed E-state index contributed by atoms with van der Waals surface area (Å²) in [5.74, 6) is 2.25. The molecular weight excluding hydrogens is 352 g/mol. The van der Waals surface area contributed by atoms with Crippen LogP contribution in [0.3, 0.4) is 0 Å². The van der Waals surface area contributed by atoms with Gasteiger partial charge in [-0.1, -0.05) is 19.1 Å². The number of hydrogen-bond acceptors (Lipinski definition) is 4. The second-order valence-corrected chi connectivity index (χ2v) is 7.46. The SMILES string of the molecule is COc1ccc(OCCNC(=O)c2ccc(CN3CCC[C@H](C)C3)cc2)cc1. The van der Waals surface area contributed by atoms with Gasteiger partial charge in [-0.15, -0.1) is 0 Å². The Morgan fingerprint density at radius 3 is 2.50 bits per heavy atom. The van der Waals surface area contributed by atoms with Gasteiger partial charge in [0.25, 0.3) is 5.91 Å². The number of methoxy groups -OCH3 is 1. The lowest BCUT2D eigenvalue weighted by Crippen LogP contribution is -2.33. The highest BCUT2D eigenvalue weighted by molar-refractivity contribution is 5.94. The van der Waals surface area contributed by atoms with Crippen LogP contribution in [0, 0.1) is 5.92 Å². The monoisotopic (exact) mass is 382 g/mol. The van der Waals surface area contributed by atoms with Crippen LogP contribution in [-0.4, -0.2) is 44.2 Å². The van der Waals surface area contributed by atoms with Gasteiger partial charge >= 0.3 is 0 Å². The largest absolute Gasteiger partial charge is 0.497 e. The summed E-state index contributed by atoms with van der Waals surface area (Å²) in [6, 6.07) is 15.3. The third-order valence-electron chi connectivity index (χ3n) is 5.08. The fourth-order valence-electron chi connectivity index (χ4n) is 3.56. The molecule has 0 spiro atoms. The van der Waals surface area contributed by atoms with E-state index in [9.17, 15) is 4.79 Å². The zero-order valence-electron chi connectivity index (χ0n) is 16.8. The molecule has 0 radical (unpaired) electrons. The molecular formula is C23H30N2O3. The lowest BCUT2D eigenvalue weighted by molar-refractivity contribution is 0.0947. The Bertz CT molecular complexity index is 743. The quantitative estimate of drug-likeness (QED) is 0.707. The van der Waals surface area contributed by atoms with E-state index in [1.807, 2.05) is 36.4 Å². The first-order valence-corrected chi connectivity index (χ1v) is 10.0. The Balaban J connectivity index is 1.40. The van der Waals surface area contributed by atoms with Crippen LogP contribution in [0.15, 0.2) is 48.5 Å². The maximum Gasteiger partial charge on any atom is 0.251 e. The Labute approximate surface area is 167 Å². The van der Waals surface area contributed by atoms with E-state index in [2.05, 4.69) is 29.3 Å². The Hall–Kier alpha value is -2.53. The van der Waals surface area contributed by atoms with Crippen molar-refractivity contribution >= 4 is 5.91 Å². The lowest BCUT2D eigenvalue weighted by atomic mass is 9.99. The summed E-state index contributed by atoms with van der Waals surface area (Å²) in [5.41, 5.74) is 1.94. The summed E-state index contributed by atoms with van der Waals surface area (Å²) >= 11 is 0. The van der Waals surface area contributed by atoms with Gasteiger partial charge in [0, 0.05) is 18.7 Å². The number of amides is 1. The summed E-state index contributed by atoms with van der Waals surface area (Å²) in [6.45, 7) is 6.48. The summed E-state index contributed by atoms with van der Waals surface area (Å²) in [5, 5.41) is 2.90. The van der Waals surface area contributed by atoms with Crippen molar-refractivity contribution in [3.05, 3.63) is 59.7 Å². The first-order chi connectivity index (χ1) is 13.6. The average Bonchev–Trinajstić information content (AvgIpc) is 2.72. The first kappa shape index (κ1) is 20.2. The predicted octanol–water partition coefficient (Wildman–Crippen LogP) is 3.74. The number of ether oxygens (including phenoxy) is 2. The number of likely N-dealkylation sites (tertiary alicyclic amines) is 1. The summed E-state index contributed by atoms with van der Waals surface area (Å²) < 4.78 is 10.7. The van der Waals surface area contributed by atoms with Gasteiger partial charge in [0.1, 0.15) is 18.1 Å². The molecule has 0 aromatic heterocycles. The van der Waals surface area contributed by atoms with Gasteiger partial charge in [-0.25, -0.2) is 0 Å². The normalized spacial score (nSPS) is 17.1. The number of rotatable bonds is 8. The van der Waals surface area contributed by atoms with E-state index >= 15 is 0 Å². The van der Waals surface area contributed by atoms with Crippen LogP contribution in [0.2, 0.25) is 0 Å². The molecule has 1 amide bonds. The molecule has 150 valence electrons. The van der Waals surface area contributed by atoms with Gasteiger partial charge in [0.2, 0.25) is 0 Å². The predicted molar refractivity (Wildman–Crippen MR) is 111 cm³/mol. The molecule has 0 saturated carbocycles. The Morgan fingerprint density at radius 1 is 1.11 bits per heavy atom. The smallest absolute Gasteiger partial charge is 0.251 e. The minimum Gasteiger partial charge on any atom is -0.497 e. The van der Waals surface area contributed by atoms with E-state index in [1.165, 1.54) is 24.9 Å². The fraction of sp³-hybridized carbons (Fsp3) is 0.435. The number of carbonyl (C=O) groups is 1. The van der Waals surface area contributed by atoms with E-state index in [0.717, 1.165) is 30.5 Å². The van der Waals surface area contributed by atoms with E-state index in [-0.39, 0.29) is 5.91 Å². The zero-order chi connectivity index (χ0) is 19.8. The Morgan fingerprint density at radius 2 is 1.82 bits per heavy atom. The molecule has 0 bridgehead atoms. The maximum atomic E-state index is 12.3. The molecule has 1 aliphatic heterocycles. The van der Waals surface area contributed by atoms with Gasteiger partial charge in [0.15, 0.2) is 0 Å². The molecule has 1 heterocycles. The van der Waals surface area contributed by atoms with Crippen LogP contribution < -0.4 is 14.8 Å². The first-order valence-electron chi connectivity index (χ1n) is 10.0. The zero-order valence-corrected chi connectivity index (χ0v) is 16.8. The van der Waals surface area contributed by atoms with E-state index in [0.29, 0.717) is 18.7 Å². The molecule has 2 aromatic rings. The number of nitrogens with one attached hydrogen (secondary N) is 1. The van der Waals surface area contributed by atoms with E-state index in [4.69, 9.17) is 9.47 Å². The molecule has 1 N–H and O–H groups in total. The third-order valence-corrected chi connectivity index (χ3v) is 5.08. The van der Waals surface area contributed by atoms with E-state index < -0.39 is 0 Å². The van der Waals surface area contributed by atoms with Crippen molar-refractivity contribution in [2.75, 3.05) is 33.4 Å². The Kier molecular flexibility index (Phi) is 7.31. The average molecular weight is 383 g/mol. The topological polar surface area (TPSA) is 50.8 Å². The van der Waals surface area contributed by atoms with Gasteiger partial charge in [-0.3, -0.25) is 9.69 Å². The van der Waals surface area contributed by atoms with Crippen LogP contribution in [0.5, 0.6) is 11.5 Å². The second kappa shape index (κ2) is 10.1. The number of piperidine rings is 1. The van der Waals surface area contributed by atoms with Crippen molar-refractivity contribution in [2.24, 2.45) is 5.92 Å². The van der Waals surface area contributed by atoms with Crippen molar-refractivity contribution < 1.29 is 14.3 Å². The molecule has 5 nitrogen and oxygen atoms in total. The number of hydrogen-bond donors (Lipinski definition) is 1. The van der Waals surface area contributed by atoms with Crippen molar-refractivity contribution in [1.82, 2.24) is 10.2 Å². The van der Waals surface area contributed by atoms with Gasteiger partial charge in [-0.05, 0) is 67.3 Å². The standard InChI is InChI=1S/C23H30N2O3/c1-18-4-3-14-25(16-18)17-19-5-7-20(8-6-19)23(26)24-13-15-28-22-11-9-21(27-2)10-12-22/h5-12,18H,3-4,13-17H2,1-2H3,(H,24,26)/t18-/m0/s1. The molecule has 1 aliphatic rings.